The van der Waals surface area contributed by atoms with Crippen LogP contribution in [0.4, 0.5) is 19.0 Å². The average Bonchev–Trinajstić information content (AvgIpc) is 2.38. The molecule has 1 aromatic carbocycles. The summed E-state index contributed by atoms with van der Waals surface area (Å²) in [7, 11) is 0. The van der Waals surface area contributed by atoms with Crippen LogP contribution in [-0.4, -0.2) is 15.5 Å². The molecule has 0 aliphatic heterocycles. The zero-order chi connectivity index (χ0) is 13.9. The van der Waals surface area contributed by atoms with Crippen molar-refractivity contribution < 1.29 is 13.2 Å². The number of benzene rings is 1. The van der Waals surface area contributed by atoms with Gasteiger partial charge in [-0.2, -0.15) is 13.2 Å². The van der Waals surface area contributed by atoms with Gasteiger partial charge in [0.1, 0.15) is 5.69 Å². The van der Waals surface area contributed by atoms with Crippen LogP contribution in [0.3, 0.4) is 0 Å². The zero-order valence-electron chi connectivity index (χ0n) is 9.48. The monoisotopic (exact) mass is 286 g/mol. The summed E-state index contributed by atoms with van der Waals surface area (Å²) in [4.78, 5) is 8.17. The Morgan fingerprint density at radius 1 is 1.05 bits per heavy atom. The molecular formula is C11H9F3N4S. The van der Waals surface area contributed by atoms with E-state index < -0.39 is 5.51 Å². The van der Waals surface area contributed by atoms with Gasteiger partial charge in [-0.3, -0.25) is 4.98 Å². The van der Waals surface area contributed by atoms with Crippen molar-refractivity contribution in [1.29, 1.82) is 0 Å². The highest BCUT2D eigenvalue weighted by molar-refractivity contribution is 8.00. The lowest BCUT2D eigenvalue weighted by Gasteiger charge is -2.08. The van der Waals surface area contributed by atoms with E-state index in [1.54, 1.807) is 12.1 Å². The van der Waals surface area contributed by atoms with E-state index in [4.69, 9.17) is 5.84 Å². The fourth-order valence-electron chi connectivity index (χ4n) is 1.47. The quantitative estimate of drug-likeness (QED) is 0.516. The molecule has 0 spiro atoms. The number of anilines is 1. The van der Waals surface area contributed by atoms with Crippen molar-refractivity contribution >= 4 is 17.6 Å². The third kappa shape index (κ3) is 3.58. The number of nitrogens with one attached hydrogen (secondary N) is 1. The van der Waals surface area contributed by atoms with Crippen LogP contribution in [0.1, 0.15) is 0 Å². The summed E-state index contributed by atoms with van der Waals surface area (Å²) in [6.07, 6.45) is 2.95. The highest BCUT2D eigenvalue weighted by Crippen LogP contribution is 2.37. The molecule has 1 heterocycles. The van der Waals surface area contributed by atoms with Gasteiger partial charge in [0.05, 0.1) is 0 Å². The van der Waals surface area contributed by atoms with Crippen molar-refractivity contribution in [3.63, 3.8) is 0 Å². The number of alkyl halides is 3. The fourth-order valence-corrected chi connectivity index (χ4v) is 2.01. The Labute approximate surface area is 111 Å². The third-order valence-corrected chi connectivity index (χ3v) is 2.94. The van der Waals surface area contributed by atoms with E-state index >= 15 is 0 Å². The molecule has 0 fully saturated rings. The summed E-state index contributed by atoms with van der Waals surface area (Å²) in [6.45, 7) is 0. The predicted octanol–water partition coefficient (Wildman–Crippen LogP) is 3.04. The second kappa shape index (κ2) is 5.45. The van der Waals surface area contributed by atoms with Gasteiger partial charge in [-0.05, 0) is 23.9 Å². The molecule has 2 rings (SSSR count). The van der Waals surface area contributed by atoms with Crippen LogP contribution in [-0.2, 0) is 0 Å². The first-order valence-corrected chi connectivity index (χ1v) is 5.95. The van der Waals surface area contributed by atoms with Crippen LogP contribution in [0.25, 0.3) is 11.3 Å². The molecule has 0 saturated heterocycles. The minimum Gasteiger partial charge on any atom is -0.307 e. The van der Waals surface area contributed by atoms with Crippen LogP contribution in [0.2, 0.25) is 0 Å². The van der Waals surface area contributed by atoms with E-state index in [1.165, 1.54) is 24.5 Å². The summed E-state index contributed by atoms with van der Waals surface area (Å²) in [6, 6.07) is 5.84. The van der Waals surface area contributed by atoms with Gasteiger partial charge in [0.15, 0.2) is 5.82 Å². The molecular weight excluding hydrogens is 277 g/mol. The maximum atomic E-state index is 12.2. The van der Waals surface area contributed by atoms with Crippen molar-refractivity contribution in [3.05, 3.63) is 36.7 Å². The van der Waals surface area contributed by atoms with E-state index in [2.05, 4.69) is 15.4 Å². The summed E-state index contributed by atoms with van der Waals surface area (Å²) in [5.74, 6) is 5.66. The number of nitrogens with zero attached hydrogens (tertiary/aromatic N) is 2. The maximum absolute atomic E-state index is 12.2. The maximum Gasteiger partial charge on any atom is 0.446 e. The van der Waals surface area contributed by atoms with E-state index in [-0.39, 0.29) is 16.7 Å². The average molecular weight is 286 g/mol. The van der Waals surface area contributed by atoms with Gasteiger partial charge in [0.2, 0.25) is 0 Å². The lowest BCUT2D eigenvalue weighted by Crippen LogP contribution is -2.10. The molecule has 19 heavy (non-hydrogen) atoms. The predicted molar refractivity (Wildman–Crippen MR) is 67.2 cm³/mol. The third-order valence-electron chi connectivity index (χ3n) is 2.20. The van der Waals surface area contributed by atoms with E-state index in [9.17, 15) is 13.2 Å². The Balaban J connectivity index is 2.27. The van der Waals surface area contributed by atoms with Gasteiger partial charge < -0.3 is 5.43 Å². The number of nitrogens with two attached hydrogens (primary N) is 1. The molecule has 3 N–H and O–H groups in total. The van der Waals surface area contributed by atoms with E-state index in [0.29, 0.717) is 17.1 Å². The molecule has 2 aromatic rings. The van der Waals surface area contributed by atoms with E-state index in [1.807, 2.05) is 0 Å². The van der Waals surface area contributed by atoms with Crippen LogP contribution in [0, 0.1) is 0 Å². The Bertz CT molecular complexity index is 557. The number of aromatic nitrogens is 2. The summed E-state index contributed by atoms with van der Waals surface area (Å²) in [5.41, 5.74) is -0.793. The number of thioether (sulfide) groups is 1. The molecule has 4 nitrogen and oxygen atoms in total. The smallest absolute Gasteiger partial charge is 0.307 e. The van der Waals surface area contributed by atoms with Crippen LogP contribution in [0.15, 0.2) is 41.6 Å². The van der Waals surface area contributed by atoms with Gasteiger partial charge in [0, 0.05) is 22.9 Å². The van der Waals surface area contributed by atoms with Gasteiger partial charge >= 0.3 is 5.51 Å². The number of hydrogen-bond acceptors (Lipinski definition) is 5. The van der Waals surface area contributed by atoms with Crippen molar-refractivity contribution in [2.45, 2.75) is 10.4 Å². The highest BCUT2D eigenvalue weighted by Gasteiger charge is 2.29. The Morgan fingerprint density at radius 3 is 2.26 bits per heavy atom. The molecule has 8 heteroatoms. The van der Waals surface area contributed by atoms with Crippen molar-refractivity contribution in [3.8, 4) is 11.3 Å². The molecule has 0 aliphatic rings. The van der Waals surface area contributed by atoms with Crippen molar-refractivity contribution in [2.24, 2.45) is 5.84 Å². The number of hydrogen-bond donors (Lipinski definition) is 2. The normalized spacial score (nSPS) is 11.4. The zero-order valence-corrected chi connectivity index (χ0v) is 10.3. The Kier molecular flexibility index (Phi) is 3.91. The van der Waals surface area contributed by atoms with Crippen molar-refractivity contribution in [2.75, 3.05) is 5.43 Å². The standard InChI is InChI=1S/C11H9F3N4S/c12-11(13,14)19-8-3-1-7(2-4-8)9-10(18-15)17-6-5-16-9/h1-6H,15H2,(H,17,18). The minimum atomic E-state index is -4.29. The van der Waals surface area contributed by atoms with E-state index in [0.717, 1.165) is 0 Å². The summed E-state index contributed by atoms with van der Waals surface area (Å²) in [5, 5.41) is 0. The van der Waals surface area contributed by atoms with Crippen molar-refractivity contribution in [1.82, 2.24) is 9.97 Å². The second-order valence-corrected chi connectivity index (χ2v) is 4.61. The highest BCUT2D eigenvalue weighted by atomic mass is 32.2. The first-order valence-electron chi connectivity index (χ1n) is 5.13. The topological polar surface area (TPSA) is 63.8 Å². The SMILES string of the molecule is NNc1nccnc1-c1ccc(SC(F)(F)F)cc1. The molecule has 0 aliphatic carbocycles. The van der Waals surface area contributed by atoms with Crippen LogP contribution >= 0.6 is 11.8 Å². The minimum absolute atomic E-state index is 0.113. The lowest BCUT2D eigenvalue weighted by atomic mass is 10.1. The van der Waals surface area contributed by atoms with Crippen LogP contribution < -0.4 is 11.3 Å². The molecule has 0 radical (unpaired) electrons. The van der Waals surface area contributed by atoms with Gasteiger partial charge in [0.25, 0.3) is 0 Å². The van der Waals surface area contributed by atoms with Gasteiger partial charge in [-0.15, -0.1) is 0 Å². The molecule has 0 unspecified atom stereocenters. The first kappa shape index (κ1) is 13.6. The first-order chi connectivity index (χ1) is 8.99. The molecule has 0 saturated carbocycles. The largest absolute Gasteiger partial charge is 0.446 e. The number of nitrogen functional groups attached to an aromatic ring is 1. The van der Waals surface area contributed by atoms with Gasteiger partial charge in [-0.25, -0.2) is 10.8 Å². The number of rotatable bonds is 3. The van der Waals surface area contributed by atoms with Gasteiger partial charge in [-0.1, -0.05) is 12.1 Å². The lowest BCUT2D eigenvalue weighted by molar-refractivity contribution is -0.0328. The molecule has 100 valence electrons. The number of halogens is 3. The Morgan fingerprint density at radius 2 is 1.68 bits per heavy atom. The molecule has 0 atom stereocenters. The molecule has 1 aromatic heterocycles. The molecule has 0 bridgehead atoms. The number of hydrazine groups is 1. The summed E-state index contributed by atoms with van der Waals surface area (Å²) < 4.78 is 36.6. The molecule has 0 amide bonds. The summed E-state index contributed by atoms with van der Waals surface area (Å²) >= 11 is -0.162. The van der Waals surface area contributed by atoms with Crippen LogP contribution in [0.5, 0.6) is 0 Å². The Hall–Kier alpha value is -1.80. The fraction of sp³-hybridized carbons (Fsp3) is 0.0909. The second-order valence-electron chi connectivity index (χ2n) is 3.47.